The summed E-state index contributed by atoms with van der Waals surface area (Å²) in [4.78, 5) is 26.9. The van der Waals surface area contributed by atoms with Crippen LogP contribution in [-0.4, -0.2) is 96.8 Å². The predicted molar refractivity (Wildman–Crippen MR) is 174 cm³/mol. The minimum absolute atomic E-state index is 0.0373. The van der Waals surface area contributed by atoms with E-state index in [1.807, 2.05) is 30.3 Å². The first-order valence-electron chi connectivity index (χ1n) is 15.6. The zero-order chi connectivity index (χ0) is 32.5. The van der Waals surface area contributed by atoms with Crippen LogP contribution >= 0.6 is 11.6 Å². The van der Waals surface area contributed by atoms with Gasteiger partial charge in [0.15, 0.2) is 5.83 Å². The molecular formula is C34H43ClF2N6O2. The average molecular weight is 641 g/mol. The number of hydrogen-bond acceptors (Lipinski definition) is 7. The highest BCUT2D eigenvalue weighted by molar-refractivity contribution is 6.36. The van der Waals surface area contributed by atoms with Gasteiger partial charge in [0.2, 0.25) is 0 Å². The first-order valence-corrected chi connectivity index (χ1v) is 16.0. The summed E-state index contributed by atoms with van der Waals surface area (Å²) in [7, 11) is 4.05. The van der Waals surface area contributed by atoms with Crippen LogP contribution in [0.1, 0.15) is 46.0 Å². The van der Waals surface area contributed by atoms with E-state index in [1.165, 1.54) is 23.0 Å². The van der Waals surface area contributed by atoms with Crippen LogP contribution in [0.3, 0.4) is 0 Å². The van der Waals surface area contributed by atoms with Crippen LogP contribution in [0.25, 0.3) is 10.8 Å². The molecule has 1 aliphatic carbocycles. The Morgan fingerprint density at radius 2 is 1.96 bits per heavy atom. The number of halogens is 3. The van der Waals surface area contributed by atoms with Crippen molar-refractivity contribution in [3.05, 3.63) is 64.8 Å². The van der Waals surface area contributed by atoms with Crippen molar-refractivity contribution in [1.29, 1.82) is 5.26 Å². The lowest BCUT2D eigenvalue weighted by Gasteiger charge is -2.47. The summed E-state index contributed by atoms with van der Waals surface area (Å²) in [6, 6.07) is 10.7. The molecule has 2 saturated heterocycles. The summed E-state index contributed by atoms with van der Waals surface area (Å²) in [6.45, 7) is 10.4. The number of fused-ring (bicyclic) bond motifs is 1. The van der Waals surface area contributed by atoms with E-state index in [0.29, 0.717) is 44.8 Å². The van der Waals surface area contributed by atoms with E-state index in [0.717, 1.165) is 36.0 Å². The first-order chi connectivity index (χ1) is 21.4. The fourth-order valence-electron chi connectivity index (χ4n) is 6.93. The minimum atomic E-state index is -1.01. The molecule has 2 heterocycles. The smallest absolute Gasteiger partial charge is 0.282 e. The Balaban J connectivity index is 1.44. The lowest BCUT2D eigenvalue weighted by atomic mass is 9.78. The number of carbonyl (C=O) groups is 1. The number of carbonyl (C=O) groups excluding carboxylic acids is 1. The van der Waals surface area contributed by atoms with Gasteiger partial charge < -0.3 is 14.7 Å². The molecule has 0 aromatic heterocycles. The number of allylic oxidation sites excluding steroid dienone is 1. The summed E-state index contributed by atoms with van der Waals surface area (Å²) in [6.07, 6.45) is 4.24. The lowest BCUT2D eigenvalue weighted by molar-refractivity contribution is -0.244. The second-order valence-electron chi connectivity index (χ2n) is 12.8. The van der Waals surface area contributed by atoms with Gasteiger partial charge in [-0.25, -0.2) is 8.78 Å². The third-order valence-corrected chi connectivity index (χ3v) is 10.5. The second-order valence-corrected chi connectivity index (χ2v) is 13.2. The summed E-state index contributed by atoms with van der Waals surface area (Å²) in [5, 5.41) is 13.2. The van der Waals surface area contributed by atoms with Gasteiger partial charge in [-0.15, -0.1) is 0 Å². The predicted octanol–water partition coefficient (Wildman–Crippen LogP) is 6.09. The molecule has 2 unspecified atom stereocenters. The molecule has 1 saturated carbocycles. The third kappa shape index (κ3) is 6.68. The van der Waals surface area contributed by atoms with Crippen molar-refractivity contribution in [2.45, 2.75) is 63.6 Å². The van der Waals surface area contributed by atoms with Crippen LogP contribution in [0.5, 0.6) is 0 Å². The molecule has 8 nitrogen and oxygen atoms in total. The van der Waals surface area contributed by atoms with Gasteiger partial charge in [0.1, 0.15) is 12.5 Å². The molecule has 242 valence electrons. The lowest BCUT2D eigenvalue weighted by Crippen LogP contribution is -2.56. The van der Waals surface area contributed by atoms with Crippen molar-refractivity contribution in [3.63, 3.8) is 0 Å². The number of piperidine rings is 1. The van der Waals surface area contributed by atoms with Crippen molar-refractivity contribution in [3.8, 4) is 6.07 Å². The molecule has 3 fully saturated rings. The van der Waals surface area contributed by atoms with Gasteiger partial charge in [-0.1, -0.05) is 36.4 Å². The number of nitriles is 1. The SMILES string of the molecule is C=C(F)C(=O)N1CCN(/C(C)=C2\CCN(c3cccc4ccc(F)c(Cl)c34)CC2N(C)CON(C)C2(C)CCC2)CC1CC#N. The quantitative estimate of drug-likeness (QED) is 0.187. The molecular weight excluding hydrogens is 598 g/mol. The Morgan fingerprint density at radius 3 is 2.62 bits per heavy atom. The van der Waals surface area contributed by atoms with E-state index >= 15 is 0 Å². The maximum absolute atomic E-state index is 14.6. The Hall–Kier alpha value is -3.23. The highest BCUT2D eigenvalue weighted by atomic mass is 35.5. The fourth-order valence-corrected chi connectivity index (χ4v) is 7.20. The molecule has 1 amide bonds. The van der Waals surface area contributed by atoms with E-state index in [9.17, 15) is 18.8 Å². The zero-order valence-corrected chi connectivity index (χ0v) is 27.4. The van der Waals surface area contributed by atoms with Gasteiger partial charge in [-0.2, -0.15) is 10.3 Å². The number of likely N-dealkylation sites (N-methyl/N-ethyl adjacent to an activating group) is 1. The number of amides is 1. The van der Waals surface area contributed by atoms with E-state index in [2.05, 4.69) is 48.2 Å². The van der Waals surface area contributed by atoms with Crippen molar-refractivity contribution < 1.29 is 18.4 Å². The standard InChI is InChI=1S/C34H43ClF2N6O2/c1-23(36)33(44)43-19-18-41(20-26(43)12-16-38)24(2)27-13-17-42(29-9-6-8-25-10-11-28(37)32(35)31(25)29)21-30(27)39(4)22-45-40(5)34(3)14-7-15-34/h6,8-11,26,30H,1,7,12-15,17-22H2,2-5H3/b27-24+. The average Bonchev–Trinajstić information content (AvgIpc) is 3.02. The Morgan fingerprint density at radius 1 is 1.20 bits per heavy atom. The van der Waals surface area contributed by atoms with Gasteiger partial charge >= 0.3 is 0 Å². The van der Waals surface area contributed by atoms with Crippen LogP contribution in [-0.2, 0) is 9.63 Å². The molecule has 45 heavy (non-hydrogen) atoms. The van der Waals surface area contributed by atoms with E-state index in [-0.39, 0.29) is 23.0 Å². The topological polar surface area (TPSA) is 66.3 Å². The van der Waals surface area contributed by atoms with Gasteiger partial charge in [-0.3, -0.25) is 14.5 Å². The Labute approximate surface area is 270 Å². The first kappa shape index (κ1) is 33.1. The number of anilines is 1. The van der Waals surface area contributed by atoms with Gasteiger partial charge in [0.05, 0.1) is 29.6 Å². The number of rotatable bonds is 9. The zero-order valence-electron chi connectivity index (χ0n) is 26.7. The summed E-state index contributed by atoms with van der Waals surface area (Å²) < 4.78 is 28.4. The molecule has 11 heteroatoms. The monoisotopic (exact) mass is 640 g/mol. The molecule has 5 rings (SSSR count). The normalized spacial score (nSPS) is 22.9. The van der Waals surface area contributed by atoms with Crippen LogP contribution < -0.4 is 4.90 Å². The molecule has 0 bridgehead atoms. The maximum Gasteiger partial charge on any atom is 0.282 e. The van der Waals surface area contributed by atoms with Crippen LogP contribution in [0, 0.1) is 17.1 Å². The number of piperazine rings is 1. The molecule has 2 aromatic carbocycles. The molecule has 2 atom stereocenters. The molecule has 3 aliphatic rings. The van der Waals surface area contributed by atoms with Crippen LogP contribution in [0.15, 0.2) is 54.0 Å². The van der Waals surface area contributed by atoms with Gasteiger partial charge in [0, 0.05) is 62.1 Å². The Kier molecular flexibility index (Phi) is 10.0. The maximum atomic E-state index is 14.6. The minimum Gasteiger partial charge on any atom is -0.371 e. The summed E-state index contributed by atoms with van der Waals surface area (Å²) >= 11 is 6.54. The van der Waals surface area contributed by atoms with Crippen molar-refractivity contribution in [2.75, 3.05) is 58.4 Å². The summed E-state index contributed by atoms with van der Waals surface area (Å²) in [5.41, 5.74) is 3.25. The third-order valence-electron chi connectivity index (χ3n) is 10.1. The van der Waals surface area contributed by atoms with E-state index in [1.54, 1.807) is 6.07 Å². The van der Waals surface area contributed by atoms with Crippen molar-refractivity contribution in [2.24, 2.45) is 0 Å². The molecule has 0 N–H and O–H groups in total. The highest BCUT2D eigenvalue weighted by Crippen LogP contribution is 2.39. The number of nitrogens with zero attached hydrogens (tertiary/aromatic N) is 6. The number of hydroxylamine groups is 2. The fraction of sp³-hybridized carbons (Fsp3) is 0.529. The van der Waals surface area contributed by atoms with E-state index in [4.69, 9.17) is 16.4 Å². The summed E-state index contributed by atoms with van der Waals surface area (Å²) in [5.74, 6) is -2.21. The van der Waals surface area contributed by atoms with Gasteiger partial charge in [-0.05, 0) is 69.7 Å². The molecule has 2 aliphatic heterocycles. The van der Waals surface area contributed by atoms with Gasteiger partial charge in [0.25, 0.3) is 5.91 Å². The Bertz CT molecular complexity index is 1520. The second kappa shape index (κ2) is 13.6. The molecule has 0 radical (unpaired) electrons. The van der Waals surface area contributed by atoms with E-state index < -0.39 is 23.6 Å². The highest BCUT2D eigenvalue weighted by Gasteiger charge is 2.38. The van der Waals surface area contributed by atoms with Crippen LogP contribution in [0.2, 0.25) is 5.02 Å². The van der Waals surface area contributed by atoms with Crippen molar-refractivity contribution >= 4 is 34.0 Å². The number of benzene rings is 2. The molecule has 2 aromatic rings. The van der Waals surface area contributed by atoms with Crippen molar-refractivity contribution in [1.82, 2.24) is 19.8 Å². The molecule has 0 spiro atoms. The number of hydrogen-bond donors (Lipinski definition) is 0. The van der Waals surface area contributed by atoms with Crippen LogP contribution in [0.4, 0.5) is 14.5 Å². The largest absolute Gasteiger partial charge is 0.371 e.